The largest absolute Gasteiger partial charge is 0.395 e. The first-order chi connectivity index (χ1) is 8.93. The lowest BCUT2D eigenvalue weighted by Crippen LogP contribution is -2.38. The maximum atomic E-state index is 12.5. The summed E-state index contributed by atoms with van der Waals surface area (Å²) in [6, 6.07) is -0.542. The Morgan fingerprint density at radius 2 is 2.37 bits per heavy atom. The van der Waals surface area contributed by atoms with E-state index in [1.54, 1.807) is 18.5 Å². The number of likely N-dealkylation sites (N-methyl/N-ethyl adjacent to an activating group) is 1. The van der Waals surface area contributed by atoms with Crippen LogP contribution in [0.15, 0.2) is 16.6 Å². The first-order valence-electron chi connectivity index (χ1n) is 5.44. The molecule has 0 aliphatic rings. The fraction of sp³-hybridized carbons (Fsp3) is 0.444. The molecule has 2 aromatic heterocycles. The number of hydrogen-bond donors (Lipinski definition) is 3. The number of fused-ring (bicyclic) bond motifs is 1. The molecule has 0 amide bonds. The van der Waals surface area contributed by atoms with Crippen LogP contribution in [0.4, 0.5) is 5.82 Å². The van der Waals surface area contributed by atoms with Gasteiger partial charge in [-0.1, -0.05) is 0 Å². The van der Waals surface area contributed by atoms with Gasteiger partial charge < -0.3 is 10.5 Å². The minimum Gasteiger partial charge on any atom is -0.395 e. The number of nitrogens with two attached hydrogens (primary N) is 1. The highest BCUT2D eigenvalue weighted by molar-refractivity contribution is 7.89. The Balaban J connectivity index is 2.62. The monoisotopic (exact) mass is 305 g/mol. The third kappa shape index (κ3) is 2.21. The van der Waals surface area contributed by atoms with Crippen molar-refractivity contribution in [1.29, 1.82) is 0 Å². The van der Waals surface area contributed by atoms with Gasteiger partial charge in [0.1, 0.15) is 0 Å². The van der Waals surface area contributed by atoms with Crippen LogP contribution in [0, 0.1) is 0 Å². The van der Waals surface area contributed by atoms with Gasteiger partial charge in [0.25, 0.3) is 10.0 Å². The summed E-state index contributed by atoms with van der Waals surface area (Å²) in [5, 5.41) is 10.8. The lowest BCUT2D eigenvalue weighted by molar-refractivity contribution is 0.213. The predicted octanol–water partition coefficient (Wildman–Crippen LogP) is -0.317. The third-order valence-corrected chi connectivity index (χ3v) is 5.62. The Morgan fingerprint density at radius 1 is 1.68 bits per heavy atom. The van der Waals surface area contributed by atoms with Crippen LogP contribution in [0.5, 0.6) is 0 Å². The first-order valence-corrected chi connectivity index (χ1v) is 7.76. The number of aliphatic hydroxyl groups is 1. The van der Waals surface area contributed by atoms with E-state index in [9.17, 15) is 8.42 Å². The second-order valence-corrected chi connectivity index (χ2v) is 6.80. The van der Waals surface area contributed by atoms with Crippen LogP contribution in [-0.2, 0) is 10.0 Å². The molecule has 1 unspecified atom stereocenters. The van der Waals surface area contributed by atoms with E-state index < -0.39 is 16.1 Å². The van der Waals surface area contributed by atoms with Crippen LogP contribution < -0.4 is 11.3 Å². The van der Waals surface area contributed by atoms with E-state index in [0.29, 0.717) is 4.96 Å². The van der Waals surface area contributed by atoms with Crippen LogP contribution in [-0.4, -0.2) is 46.9 Å². The van der Waals surface area contributed by atoms with Crippen molar-refractivity contribution in [2.75, 3.05) is 19.1 Å². The molecule has 1 atom stereocenters. The highest BCUT2D eigenvalue weighted by atomic mass is 32.2. The maximum Gasteiger partial charge on any atom is 0.263 e. The van der Waals surface area contributed by atoms with Gasteiger partial charge in [-0.15, -0.1) is 11.3 Å². The van der Waals surface area contributed by atoms with Crippen molar-refractivity contribution >= 4 is 32.1 Å². The van der Waals surface area contributed by atoms with Gasteiger partial charge in [-0.25, -0.2) is 14.3 Å². The smallest absolute Gasteiger partial charge is 0.263 e. The number of sulfonamides is 1. The van der Waals surface area contributed by atoms with Gasteiger partial charge >= 0.3 is 0 Å². The minimum atomic E-state index is -3.81. The van der Waals surface area contributed by atoms with Crippen LogP contribution in [0.2, 0.25) is 0 Å². The fourth-order valence-corrected chi connectivity index (χ4v) is 3.92. The molecule has 2 heterocycles. The van der Waals surface area contributed by atoms with Crippen LogP contribution in [0.25, 0.3) is 4.96 Å². The van der Waals surface area contributed by atoms with Gasteiger partial charge in [0.2, 0.25) is 5.03 Å². The van der Waals surface area contributed by atoms with E-state index in [2.05, 4.69) is 10.4 Å². The molecule has 10 heteroatoms. The summed E-state index contributed by atoms with van der Waals surface area (Å²) in [5.74, 6) is 5.41. The lowest BCUT2D eigenvalue weighted by Gasteiger charge is -2.22. The fourth-order valence-electron chi connectivity index (χ4n) is 1.59. The molecule has 106 valence electrons. The number of nitrogens with one attached hydrogen (secondary N) is 1. The predicted molar refractivity (Wildman–Crippen MR) is 72.4 cm³/mol. The van der Waals surface area contributed by atoms with Gasteiger partial charge in [0.05, 0.1) is 6.61 Å². The molecule has 0 aliphatic heterocycles. The molecular weight excluding hydrogens is 290 g/mol. The Morgan fingerprint density at radius 3 is 2.95 bits per heavy atom. The van der Waals surface area contributed by atoms with Crippen molar-refractivity contribution in [1.82, 2.24) is 13.7 Å². The summed E-state index contributed by atoms with van der Waals surface area (Å²) < 4.78 is 27.6. The summed E-state index contributed by atoms with van der Waals surface area (Å²) in [7, 11) is -2.40. The van der Waals surface area contributed by atoms with Crippen LogP contribution >= 0.6 is 11.3 Å². The number of nitrogen functional groups attached to an aromatic ring is 1. The quantitative estimate of drug-likeness (QED) is 0.515. The van der Waals surface area contributed by atoms with Crippen molar-refractivity contribution < 1.29 is 13.5 Å². The molecule has 8 nitrogen and oxygen atoms in total. The normalized spacial score (nSPS) is 14.2. The third-order valence-electron chi connectivity index (χ3n) is 2.86. The van der Waals surface area contributed by atoms with Gasteiger partial charge in [-0.3, -0.25) is 4.40 Å². The van der Waals surface area contributed by atoms with Crippen molar-refractivity contribution in [2.24, 2.45) is 5.84 Å². The second-order valence-electron chi connectivity index (χ2n) is 4.02. The molecular formula is C9H15N5O3S2. The molecule has 0 radical (unpaired) electrons. The Bertz CT molecular complexity index is 677. The van der Waals surface area contributed by atoms with Crippen molar-refractivity contribution in [3.8, 4) is 0 Å². The van der Waals surface area contributed by atoms with E-state index in [-0.39, 0.29) is 17.5 Å². The average Bonchev–Trinajstić information content (AvgIpc) is 2.95. The number of anilines is 1. The van der Waals surface area contributed by atoms with Crippen molar-refractivity contribution in [2.45, 2.75) is 18.0 Å². The van der Waals surface area contributed by atoms with E-state index in [1.807, 2.05) is 0 Å². The number of rotatable bonds is 5. The van der Waals surface area contributed by atoms with E-state index >= 15 is 0 Å². The zero-order chi connectivity index (χ0) is 14.2. The molecule has 0 bridgehead atoms. The SMILES string of the molecule is CC(CO)N(C)S(=O)(=O)c1c(NN)nc2sccn12. The topological polar surface area (TPSA) is 113 Å². The second kappa shape index (κ2) is 5.06. The van der Waals surface area contributed by atoms with Gasteiger partial charge in [-0.05, 0) is 6.92 Å². The van der Waals surface area contributed by atoms with Crippen molar-refractivity contribution in [3.63, 3.8) is 0 Å². The molecule has 2 rings (SSSR count). The van der Waals surface area contributed by atoms with E-state index in [4.69, 9.17) is 10.9 Å². The van der Waals surface area contributed by atoms with Gasteiger partial charge in [0.15, 0.2) is 10.8 Å². The van der Waals surface area contributed by atoms with Crippen LogP contribution in [0.3, 0.4) is 0 Å². The minimum absolute atomic E-state index is 0.0333. The lowest BCUT2D eigenvalue weighted by atomic mass is 10.4. The molecule has 0 saturated carbocycles. The molecule has 19 heavy (non-hydrogen) atoms. The maximum absolute atomic E-state index is 12.5. The summed E-state index contributed by atoms with van der Waals surface area (Å²) in [5.41, 5.74) is 2.30. The Kier molecular flexibility index (Phi) is 3.78. The first kappa shape index (κ1) is 14.2. The highest BCUT2D eigenvalue weighted by Crippen LogP contribution is 2.27. The highest BCUT2D eigenvalue weighted by Gasteiger charge is 2.32. The summed E-state index contributed by atoms with van der Waals surface area (Å²) >= 11 is 1.30. The Labute approximate surface area is 114 Å². The number of nitrogens with zero attached hydrogens (tertiary/aromatic N) is 3. The van der Waals surface area contributed by atoms with Crippen LogP contribution in [0.1, 0.15) is 6.92 Å². The zero-order valence-corrected chi connectivity index (χ0v) is 12.1. The summed E-state index contributed by atoms with van der Waals surface area (Å²) in [6.07, 6.45) is 1.61. The number of imidazole rings is 1. The van der Waals surface area contributed by atoms with Gasteiger partial charge in [-0.2, -0.15) is 9.29 Å². The number of aromatic nitrogens is 2. The molecule has 0 aliphatic carbocycles. The number of hydrazine groups is 1. The standard InChI is InChI=1S/C9H15N5O3S2/c1-6(5-15)13(2)19(16,17)8-7(12-10)11-9-14(8)3-4-18-9/h3-4,6,12,15H,5,10H2,1-2H3. The zero-order valence-electron chi connectivity index (χ0n) is 10.4. The van der Waals surface area contributed by atoms with Gasteiger partial charge in [0, 0.05) is 24.7 Å². The van der Waals surface area contributed by atoms with E-state index in [1.165, 1.54) is 22.8 Å². The van der Waals surface area contributed by atoms with E-state index in [0.717, 1.165) is 4.31 Å². The molecule has 0 saturated heterocycles. The molecule has 0 fully saturated rings. The molecule has 0 aromatic carbocycles. The number of thiazole rings is 1. The average molecular weight is 305 g/mol. The summed E-state index contributed by atoms with van der Waals surface area (Å²) in [6.45, 7) is 1.34. The number of hydrogen-bond acceptors (Lipinski definition) is 7. The Hall–Kier alpha value is -1.20. The molecule has 4 N–H and O–H groups in total. The van der Waals surface area contributed by atoms with Crippen molar-refractivity contribution in [3.05, 3.63) is 11.6 Å². The molecule has 2 aromatic rings. The summed E-state index contributed by atoms with van der Waals surface area (Å²) in [4.78, 5) is 4.63. The molecule has 0 spiro atoms. The number of aliphatic hydroxyl groups excluding tert-OH is 1.